The second-order valence-electron chi connectivity index (χ2n) is 4.20. The highest BCUT2D eigenvalue weighted by Gasteiger charge is 2.13. The summed E-state index contributed by atoms with van der Waals surface area (Å²) in [7, 11) is 1.69. The number of halogens is 1. The van der Waals surface area contributed by atoms with Crippen molar-refractivity contribution in [2.45, 2.75) is 0 Å². The number of carboxylic acid groups (broad SMARTS) is 1. The molecule has 0 heterocycles. The van der Waals surface area contributed by atoms with Crippen molar-refractivity contribution >= 4 is 49.9 Å². The van der Waals surface area contributed by atoms with E-state index in [1.807, 2.05) is 36.4 Å². The van der Waals surface area contributed by atoms with E-state index in [0.29, 0.717) is 4.99 Å². The molecule has 0 atom stereocenters. The number of benzene rings is 2. The minimum atomic E-state index is -0.897. The van der Waals surface area contributed by atoms with Gasteiger partial charge in [0.15, 0.2) is 0 Å². The van der Waals surface area contributed by atoms with Gasteiger partial charge in [0.25, 0.3) is 0 Å². The number of aliphatic carboxylic acids is 1. The summed E-state index contributed by atoms with van der Waals surface area (Å²) in [6, 6.07) is 11.7. The molecule has 0 aliphatic rings. The van der Waals surface area contributed by atoms with E-state index >= 15 is 0 Å². The first kappa shape index (κ1) is 14.0. The smallest absolute Gasteiger partial charge is 0.323 e. The van der Waals surface area contributed by atoms with Gasteiger partial charge in [-0.2, -0.15) is 0 Å². The molecule has 2 rings (SSSR count). The van der Waals surface area contributed by atoms with Gasteiger partial charge in [0.2, 0.25) is 0 Å². The number of nitrogens with zero attached hydrogens (tertiary/aromatic N) is 1. The Labute approximate surface area is 125 Å². The normalized spacial score (nSPS) is 10.4. The molecule has 3 nitrogen and oxygen atoms in total. The predicted octanol–water partition coefficient (Wildman–Crippen LogP) is 3.29. The fourth-order valence-corrected chi connectivity index (χ4v) is 2.68. The van der Waals surface area contributed by atoms with Gasteiger partial charge in [0, 0.05) is 17.1 Å². The highest BCUT2D eigenvalue weighted by Crippen LogP contribution is 2.27. The molecule has 0 aromatic heterocycles. The Balaban J connectivity index is 2.48. The molecule has 0 aliphatic heterocycles. The fourth-order valence-electron chi connectivity index (χ4n) is 1.94. The van der Waals surface area contributed by atoms with Crippen LogP contribution in [0.1, 0.15) is 5.56 Å². The summed E-state index contributed by atoms with van der Waals surface area (Å²) in [6.07, 6.45) is 0. The molecule has 0 bridgehead atoms. The Kier molecular flexibility index (Phi) is 4.17. The zero-order chi connectivity index (χ0) is 14.0. The lowest BCUT2D eigenvalue weighted by Gasteiger charge is -2.19. The average Bonchev–Trinajstić information content (AvgIpc) is 2.37. The van der Waals surface area contributed by atoms with E-state index in [2.05, 4.69) is 15.9 Å². The van der Waals surface area contributed by atoms with E-state index in [1.165, 1.54) is 0 Å². The number of likely N-dealkylation sites (N-methyl/N-ethyl adjacent to an activating group) is 1. The first-order valence-electron chi connectivity index (χ1n) is 5.65. The molecule has 0 unspecified atom stereocenters. The quantitative estimate of drug-likeness (QED) is 0.872. The van der Waals surface area contributed by atoms with E-state index in [9.17, 15) is 4.79 Å². The Morgan fingerprint density at radius 3 is 2.58 bits per heavy atom. The van der Waals surface area contributed by atoms with Crippen LogP contribution >= 0.6 is 28.1 Å². The Morgan fingerprint density at radius 2 is 1.89 bits per heavy atom. The Hall–Kier alpha value is -1.46. The monoisotopic (exact) mass is 337 g/mol. The topological polar surface area (TPSA) is 40.5 Å². The minimum absolute atomic E-state index is 0.108. The van der Waals surface area contributed by atoms with Crippen LogP contribution in [0.3, 0.4) is 0 Å². The van der Waals surface area contributed by atoms with Crippen LogP contribution in [0.2, 0.25) is 0 Å². The zero-order valence-corrected chi connectivity index (χ0v) is 12.7. The molecule has 0 saturated carbocycles. The number of fused-ring (bicyclic) bond motifs is 1. The molecule has 0 spiro atoms. The van der Waals surface area contributed by atoms with E-state index in [4.69, 9.17) is 17.3 Å². The van der Waals surface area contributed by atoms with E-state index in [0.717, 1.165) is 20.8 Å². The number of hydrogen-bond donors (Lipinski definition) is 1. The fraction of sp³-hybridized carbons (Fsp3) is 0.143. The summed E-state index contributed by atoms with van der Waals surface area (Å²) < 4.78 is 0.996. The van der Waals surface area contributed by atoms with Gasteiger partial charge in [-0.1, -0.05) is 58.5 Å². The molecule has 0 saturated heterocycles. The lowest BCUT2D eigenvalue weighted by atomic mass is 10.0. The highest BCUT2D eigenvalue weighted by molar-refractivity contribution is 9.10. The van der Waals surface area contributed by atoms with Crippen LogP contribution in [0.25, 0.3) is 10.8 Å². The number of rotatable bonds is 3. The van der Waals surface area contributed by atoms with Crippen LogP contribution in [-0.4, -0.2) is 34.6 Å². The number of thiocarbonyl (C=S) groups is 1. The second-order valence-corrected chi connectivity index (χ2v) is 5.44. The number of carbonyl (C=O) groups is 1. The van der Waals surface area contributed by atoms with Gasteiger partial charge in [-0.15, -0.1) is 0 Å². The van der Waals surface area contributed by atoms with Crippen molar-refractivity contribution in [3.8, 4) is 0 Å². The molecule has 0 radical (unpaired) electrons. The summed E-state index contributed by atoms with van der Waals surface area (Å²) in [5.74, 6) is -0.897. The molecule has 2 aromatic carbocycles. The van der Waals surface area contributed by atoms with Crippen LogP contribution in [0.5, 0.6) is 0 Å². The first-order valence-corrected chi connectivity index (χ1v) is 6.85. The third-order valence-corrected chi connectivity index (χ3v) is 4.04. The van der Waals surface area contributed by atoms with Crippen LogP contribution in [0.4, 0.5) is 0 Å². The maximum atomic E-state index is 10.8. The lowest BCUT2D eigenvalue weighted by molar-refractivity contribution is -0.137. The summed E-state index contributed by atoms with van der Waals surface area (Å²) in [6.45, 7) is -0.108. The molecule has 5 heteroatoms. The molecule has 0 amide bonds. The number of carboxylic acids is 1. The third kappa shape index (κ3) is 2.93. The molecule has 1 N–H and O–H groups in total. The molecule has 19 heavy (non-hydrogen) atoms. The second kappa shape index (κ2) is 5.67. The molecular formula is C14H12BrNO2S. The van der Waals surface area contributed by atoms with E-state index in [-0.39, 0.29) is 6.54 Å². The van der Waals surface area contributed by atoms with Crippen molar-refractivity contribution in [2.24, 2.45) is 0 Å². The van der Waals surface area contributed by atoms with E-state index < -0.39 is 5.97 Å². The molecule has 0 fully saturated rings. The SMILES string of the molecule is CN(CC(=O)O)C(=S)c1cccc2c(Br)cccc12. The number of hydrogen-bond acceptors (Lipinski definition) is 2. The van der Waals surface area contributed by atoms with Crippen molar-refractivity contribution in [3.05, 3.63) is 46.4 Å². The van der Waals surface area contributed by atoms with Gasteiger partial charge in [-0.25, -0.2) is 0 Å². The third-order valence-electron chi connectivity index (χ3n) is 2.82. The van der Waals surface area contributed by atoms with Crippen LogP contribution in [-0.2, 0) is 4.79 Å². The first-order chi connectivity index (χ1) is 9.00. The molecule has 2 aromatic rings. The summed E-state index contributed by atoms with van der Waals surface area (Å²) >= 11 is 8.89. The molecular weight excluding hydrogens is 326 g/mol. The van der Waals surface area contributed by atoms with Gasteiger partial charge in [-0.05, 0) is 16.8 Å². The summed E-state index contributed by atoms with van der Waals surface area (Å²) in [4.78, 5) is 12.9. The van der Waals surface area contributed by atoms with Crippen LogP contribution in [0, 0.1) is 0 Å². The molecule has 0 aliphatic carbocycles. The highest BCUT2D eigenvalue weighted by atomic mass is 79.9. The van der Waals surface area contributed by atoms with Crippen LogP contribution in [0.15, 0.2) is 40.9 Å². The van der Waals surface area contributed by atoms with Crippen LogP contribution < -0.4 is 0 Å². The summed E-state index contributed by atoms with van der Waals surface area (Å²) in [5.41, 5.74) is 0.873. The average molecular weight is 338 g/mol. The van der Waals surface area contributed by atoms with Gasteiger partial charge >= 0.3 is 5.97 Å². The largest absolute Gasteiger partial charge is 0.480 e. The van der Waals surface area contributed by atoms with Gasteiger partial charge in [-0.3, -0.25) is 4.79 Å². The maximum absolute atomic E-state index is 10.8. The molecule has 98 valence electrons. The van der Waals surface area contributed by atoms with Gasteiger partial charge in [0.05, 0.1) is 0 Å². The maximum Gasteiger partial charge on any atom is 0.323 e. The van der Waals surface area contributed by atoms with Gasteiger partial charge in [0.1, 0.15) is 11.5 Å². The summed E-state index contributed by atoms with van der Waals surface area (Å²) in [5, 5.41) is 10.9. The zero-order valence-electron chi connectivity index (χ0n) is 10.3. The van der Waals surface area contributed by atoms with E-state index in [1.54, 1.807) is 11.9 Å². The Morgan fingerprint density at radius 1 is 1.26 bits per heavy atom. The predicted molar refractivity (Wildman–Crippen MR) is 83.6 cm³/mol. The standard InChI is InChI=1S/C14H12BrNO2S/c1-16(8-13(17)18)14(19)11-6-2-5-10-9(11)4-3-7-12(10)15/h2-7H,8H2,1H3,(H,17,18). The minimum Gasteiger partial charge on any atom is -0.480 e. The van der Waals surface area contributed by atoms with Crippen molar-refractivity contribution in [1.82, 2.24) is 4.90 Å². The Bertz CT molecular complexity index is 657. The van der Waals surface area contributed by atoms with Crippen molar-refractivity contribution in [3.63, 3.8) is 0 Å². The van der Waals surface area contributed by atoms with Crippen molar-refractivity contribution in [2.75, 3.05) is 13.6 Å². The van der Waals surface area contributed by atoms with Crippen molar-refractivity contribution < 1.29 is 9.90 Å². The van der Waals surface area contributed by atoms with Crippen molar-refractivity contribution in [1.29, 1.82) is 0 Å². The lowest BCUT2D eigenvalue weighted by Crippen LogP contribution is -2.31. The van der Waals surface area contributed by atoms with Gasteiger partial charge < -0.3 is 10.0 Å².